The van der Waals surface area contributed by atoms with E-state index in [0.29, 0.717) is 42.0 Å². The molecule has 1 aromatic carbocycles. The zero-order valence-corrected chi connectivity index (χ0v) is 22.5. The summed E-state index contributed by atoms with van der Waals surface area (Å²) in [7, 11) is 2.09. The number of benzene rings is 1. The molecule has 2 fully saturated rings. The van der Waals surface area contributed by atoms with Crippen LogP contribution in [0.4, 0.5) is 21.6 Å². The highest BCUT2D eigenvalue weighted by Gasteiger charge is 2.22. The van der Waals surface area contributed by atoms with Crippen LogP contribution in [0.15, 0.2) is 42.6 Å². The lowest BCUT2D eigenvalue weighted by molar-refractivity contribution is -0.117. The van der Waals surface area contributed by atoms with E-state index in [1.54, 1.807) is 24.4 Å². The molecule has 2 aromatic heterocycles. The molecule has 39 heavy (non-hydrogen) atoms. The van der Waals surface area contributed by atoms with E-state index in [1.807, 2.05) is 0 Å². The van der Waals surface area contributed by atoms with Crippen molar-refractivity contribution in [2.45, 2.75) is 18.9 Å². The van der Waals surface area contributed by atoms with Crippen LogP contribution < -0.4 is 15.4 Å². The van der Waals surface area contributed by atoms with Gasteiger partial charge in [0.2, 0.25) is 5.91 Å². The maximum absolute atomic E-state index is 14.6. The second-order valence-corrected chi connectivity index (χ2v) is 10.1. The van der Waals surface area contributed by atoms with Crippen molar-refractivity contribution in [3.05, 3.63) is 53.4 Å². The number of carbonyl (C=O) groups excluding carboxylic acids is 1. The number of anilines is 3. The van der Waals surface area contributed by atoms with Crippen LogP contribution in [0.2, 0.25) is 5.02 Å². The van der Waals surface area contributed by atoms with E-state index in [4.69, 9.17) is 21.1 Å². The second kappa shape index (κ2) is 12.6. The molecule has 0 radical (unpaired) electrons. The molecule has 2 aliphatic rings. The van der Waals surface area contributed by atoms with Crippen molar-refractivity contribution in [1.29, 1.82) is 0 Å². The molecule has 5 rings (SSSR count). The summed E-state index contributed by atoms with van der Waals surface area (Å²) in [6.07, 6.45) is 3.18. The van der Waals surface area contributed by atoms with Gasteiger partial charge in [0.05, 0.1) is 25.5 Å². The van der Waals surface area contributed by atoms with E-state index in [9.17, 15) is 9.18 Å². The first kappa shape index (κ1) is 27.2. The molecule has 2 saturated heterocycles. The molecule has 0 unspecified atom stereocenters. The fourth-order valence-electron chi connectivity index (χ4n) is 4.52. The SMILES string of the molecule is CN1CCCN(CC(=O)Nc2cc(Nc3cc(-c4cc(Cl)ccc4F)nnc3O[C@@H]3CCOC3)ccn2)CC1. The molecular formula is C27H31ClFN7O3. The van der Waals surface area contributed by atoms with E-state index in [1.165, 1.54) is 18.2 Å². The Morgan fingerprint density at radius 3 is 2.92 bits per heavy atom. The van der Waals surface area contributed by atoms with Crippen molar-refractivity contribution in [1.82, 2.24) is 25.0 Å². The molecule has 206 valence electrons. The van der Waals surface area contributed by atoms with Gasteiger partial charge in [-0.2, -0.15) is 0 Å². The van der Waals surface area contributed by atoms with Crippen LogP contribution in [0.1, 0.15) is 12.8 Å². The number of hydrogen-bond donors (Lipinski definition) is 2. The molecule has 0 aliphatic carbocycles. The average molecular weight is 556 g/mol. The number of halogens is 2. The van der Waals surface area contributed by atoms with Crippen LogP contribution in [-0.4, -0.2) is 90.0 Å². The molecule has 0 bridgehead atoms. The highest BCUT2D eigenvalue weighted by atomic mass is 35.5. The van der Waals surface area contributed by atoms with Crippen LogP contribution in [0.5, 0.6) is 5.88 Å². The molecule has 12 heteroatoms. The fraction of sp³-hybridized carbons (Fsp3) is 0.407. The first-order chi connectivity index (χ1) is 18.9. The normalized spacial score (nSPS) is 18.5. The van der Waals surface area contributed by atoms with Crippen molar-refractivity contribution in [3.63, 3.8) is 0 Å². The topological polar surface area (TPSA) is 105 Å². The minimum atomic E-state index is -0.470. The van der Waals surface area contributed by atoms with Crippen LogP contribution in [0, 0.1) is 5.82 Å². The van der Waals surface area contributed by atoms with Gasteiger partial charge in [-0.3, -0.25) is 9.69 Å². The van der Waals surface area contributed by atoms with E-state index in [0.717, 1.165) is 39.0 Å². The van der Waals surface area contributed by atoms with E-state index >= 15 is 0 Å². The molecule has 4 heterocycles. The van der Waals surface area contributed by atoms with Crippen LogP contribution >= 0.6 is 11.6 Å². The summed E-state index contributed by atoms with van der Waals surface area (Å²) in [4.78, 5) is 21.4. The minimum absolute atomic E-state index is 0.126. The molecule has 10 nitrogen and oxygen atoms in total. The van der Waals surface area contributed by atoms with Gasteiger partial charge < -0.3 is 25.0 Å². The summed E-state index contributed by atoms with van der Waals surface area (Å²) >= 11 is 6.10. The fourth-order valence-corrected chi connectivity index (χ4v) is 4.69. The third-order valence-electron chi connectivity index (χ3n) is 6.62. The third-order valence-corrected chi connectivity index (χ3v) is 6.85. The van der Waals surface area contributed by atoms with Gasteiger partial charge >= 0.3 is 0 Å². The Labute approximate surface area is 231 Å². The van der Waals surface area contributed by atoms with Crippen molar-refractivity contribution in [2.24, 2.45) is 0 Å². The minimum Gasteiger partial charge on any atom is -0.469 e. The monoisotopic (exact) mass is 555 g/mol. The van der Waals surface area contributed by atoms with Gasteiger partial charge in [0.15, 0.2) is 0 Å². The van der Waals surface area contributed by atoms with Crippen molar-refractivity contribution in [3.8, 4) is 17.1 Å². The lowest BCUT2D eigenvalue weighted by Gasteiger charge is -2.19. The summed E-state index contributed by atoms with van der Waals surface area (Å²) in [5, 5.41) is 15.0. The van der Waals surface area contributed by atoms with Gasteiger partial charge in [0.1, 0.15) is 23.4 Å². The quantitative estimate of drug-likeness (QED) is 0.429. The van der Waals surface area contributed by atoms with Gasteiger partial charge in [-0.05, 0) is 56.9 Å². The summed E-state index contributed by atoms with van der Waals surface area (Å²) in [6.45, 7) is 5.05. The van der Waals surface area contributed by atoms with E-state index in [2.05, 4.69) is 42.7 Å². The summed E-state index contributed by atoms with van der Waals surface area (Å²) < 4.78 is 26.0. The number of likely N-dealkylation sites (N-methyl/N-ethyl adjacent to an activating group) is 1. The zero-order chi connectivity index (χ0) is 27.2. The Hall–Kier alpha value is -3.38. The second-order valence-electron chi connectivity index (χ2n) is 9.71. The molecule has 2 aliphatic heterocycles. The highest BCUT2D eigenvalue weighted by Crippen LogP contribution is 2.33. The lowest BCUT2D eigenvalue weighted by atomic mass is 10.1. The van der Waals surface area contributed by atoms with Crippen molar-refractivity contribution >= 4 is 34.7 Å². The first-order valence-electron chi connectivity index (χ1n) is 12.9. The first-order valence-corrected chi connectivity index (χ1v) is 13.3. The van der Waals surface area contributed by atoms with Crippen LogP contribution in [-0.2, 0) is 9.53 Å². The van der Waals surface area contributed by atoms with Crippen molar-refractivity contribution < 1.29 is 18.7 Å². The number of aromatic nitrogens is 3. The lowest BCUT2D eigenvalue weighted by Crippen LogP contribution is -2.36. The number of nitrogens with zero attached hydrogens (tertiary/aromatic N) is 5. The van der Waals surface area contributed by atoms with Crippen LogP contribution in [0.3, 0.4) is 0 Å². The molecule has 1 amide bonds. The van der Waals surface area contributed by atoms with Gasteiger partial charge in [-0.15, -0.1) is 10.2 Å². The van der Waals surface area contributed by atoms with E-state index < -0.39 is 5.82 Å². The largest absolute Gasteiger partial charge is 0.469 e. The number of rotatable bonds is 8. The van der Waals surface area contributed by atoms with Crippen LogP contribution in [0.25, 0.3) is 11.3 Å². The summed E-state index contributed by atoms with van der Waals surface area (Å²) in [5.74, 6) is 0.0678. The molecule has 3 aromatic rings. The average Bonchev–Trinajstić information content (AvgIpc) is 3.34. The Kier molecular flexibility index (Phi) is 8.82. The summed E-state index contributed by atoms with van der Waals surface area (Å²) in [6, 6.07) is 9.39. The molecular weight excluding hydrogens is 525 g/mol. The summed E-state index contributed by atoms with van der Waals surface area (Å²) in [5.41, 5.74) is 1.62. The predicted octanol–water partition coefficient (Wildman–Crippen LogP) is 3.82. The number of ether oxygens (including phenoxy) is 2. The smallest absolute Gasteiger partial charge is 0.257 e. The van der Waals surface area contributed by atoms with Gasteiger partial charge in [-0.1, -0.05) is 11.6 Å². The Morgan fingerprint density at radius 1 is 1.18 bits per heavy atom. The number of amides is 1. The highest BCUT2D eigenvalue weighted by molar-refractivity contribution is 6.30. The Balaban J connectivity index is 1.34. The number of hydrogen-bond acceptors (Lipinski definition) is 9. The standard InChI is InChI=1S/C27H31ClFN7O3/c1-35-8-2-9-36(11-10-35)16-26(37)32-25-14-19(5-7-30-25)31-24-15-23(21-13-18(28)3-4-22(21)29)33-34-27(24)39-20-6-12-38-17-20/h3-5,7,13-15,20H,2,6,8-12,16-17H2,1H3,(H2,30,31,32,33,37)/t20-/m1/s1. The zero-order valence-electron chi connectivity index (χ0n) is 21.7. The molecule has 0 spiro atoms. The third kappa shape index (κ3) is 7.39. The molecule has 0 saturated carbocycles. The van der Waals surface area contributed by atoms with Gasteiger partial charge in [0, 0.05) is 48.0 Å². The number of carbonyl (C=O) groups is 1. The molecule has 1 atom stereocenters. The van der Waals surface area contributed by atoms with Gasteiger partial charge in [-0.25, -0.2) is 9.37 Å². The number of pyridine rings is 1. The maximum atomic E-state index is 14.6. The van der Waals surface area contributed by atoms with Crippen molar-refractivity contribution in [2.75, 3.05) is 63.6 Å². The maximum Gasteiger partial charge on any atom is 0.257 e. The van der Waals surface area contributed by atoms with E-state index in [-0.39, 0.29) is 29.1 Å². The molecule has 2 N–H and O–H groups in total. The number of nitrogens with one attached hydrogen (secondary N) is 2. The Bertz CT molecular complexity index is 1310. The van der Waals surface area contributed by atoms with Gasteiger partial charge in [0.25, 0.3) is 5.88 Å². The Morgan fingerprint density at radius 2 is 2.08 bits per heavy atom. The predicted molar refractivity (Wildman–Crippen MR) is 147 cm³/mol.